The fourth-order valence-corrected chi connectivity index (χ4v) is 1.18. The molecule has 0 fully saturated rings. The van der Waals surface area contributed by atoms with E-state index in [1.165, 1.54) is 0 Å². The molecule has 12 heavy (non-hydrogen) atoms. The van der Waals surface area contributed by atoms with Crippen LogP contribution in [0.25, 0.3) is 0 Å². The van der Waals surface area contributed by atoms with Gasteiger partial charge in [0, 0.05) is 17.3 Å². The van der Waals surface area contributed by atoms with Crippen molar-refractivity contribution in [3.05, 3.63) is 24.3 Å². The van der Waals surface area contributed by atoms with Gasteiger partial charge in [0.1, 0.15) is 6.33 Å². The Labute approximate surface area is 73.0 Å². The van der Waals surface area contributed by atoms with Gasteiger partial charge in [0.25, 0.3) is 0 Å². The van der Waals surface area contributed by atoms with Crippen LogP contribution >= 0.6 is 0 Å². The van der Waals surface area contributed by atoms with Crippen molar-refractivity contribution in [3.63, 3.8) is 0 Å². The third kappa shape index (κ3) is 2.01. The predicted octanol–water partition coefficient (Wildman–Crippen LogP) is 1.10. The molecule has 0 atom stereocenters. The maximum absolute atomic E-state index is 5.51. The Bertz CT molecular complexity index is 231. The lowest BCUT2D eigenvalue weighted by molar-refractivity contribution is 0.472. The number of hydrogen-bond acceptors (Lipinski definition) is 3. The summed E-state index contributed by atoms with van der Waals surface area (Å²) in [6, 6.07) is 1.94. The molecule has 1 aromatic rings. The van der Waals surface area contributed by atoms with E-state index in [2.05, 4.69) is 23.8 Å². The summed E-state index contributed by atoms with van der Waals surface area (Å²) < 4.78 is 0. The van der Waals surface area contributed by atoms with Crippen LogP contribution in [-0.2, 0) is 5.41 Å². The molecule has 0 unspecified atom stereocenters. The molecule has 3 heteroatoms. The Morgan fingerprint density at radius 3 is 2.75 bits per heavy atom. The smallest absolute Gasteiger partial charge is 0.115 e. The molecule has 0 aliphatic heterocycles. The van der Waals surface area contributed by atoms with E-state index >= 15 is 0 Å². The quantitative estimate of drug-likeness (QED) is 0.729. The summed E-state index contributed by atoms with van der Waals surface area (Å²) in [5.74, 6) is 0. The van der Waals surface area contributed by atoms with Crippen LogP contribution in [0.5, 0.6) is 0 Å². The van der Waals surface area contributed by atoms with Crippen LogP contribution in [0.15, 0.2) is 18.6 Å². The molecule has 0 aromatic carbocycles. The lowest BCUT2D eigenvalue weighted by Gasteiger charge is -2.22. The van der Waals surface area contributed by atoms with Crippen molar-refractivity contribution < 1.29 is 0 Å². The highest BCUT2D eigenvalue weighted by Crippen LogP contribution is 2.23. The number of aromatic nitrogens is 2. The molecule has 0 aliphatic rings. The Kier molecular flexibility index (Phi) is 2.76. The Hall–Kier alpha value is -0.960. The van der Waals surface area contributed by atoms with E-state index in [1.54, 1.807) is 12.5 Å². The van der Waals surface area contributed by atoms with Gasteiger partial charge in [-0.1, -0.05) is 13.8 Å². The zero-order chi connectivity index (χ0) is 9.03. The molecule has 1 aromatic heterocycles. The van der Waals surface area contributed by atoms with E-state index in [4.69, 9.17) is 5.73 Å². The Morgan fingerprint density at radius 1 is 1.50 bits per heavy atom. The van der Waals surface area contributed by atoms with Gasteiger partial charge in [-0.05, 0) is 19.0 Å². The van der Waals surface area contributed by atoms with Crippen molar-refractivity contribution >= 4 is 0 Å². The first-order chi connectivity index (χ1) is 5.67. The van der Waals surface area contributed by atoms with Crippen LogP contribution in [0.2, 0.25) is 0 Å². The van der Waals surface area contributed by atoms with E-state index in [-0.39, 0.29) is 5.41 Å². The third-order valence-corrected chi connectivity index (χ3v) is 2.04. The molecule has 2 N–H and O–H groups in total. The summed E-state index contributed by atoms with van der Waals surface area (Å²) in [5.41, 5.74) is 6.63. The van der Waals surface area contributed by atoms with Crippen molar-refractivity contribution in [1.82, 2.24) is 9.97 Å². The van der Waals surface area contributed by atoms with Crippen molar-refractivity contribution in [2.24, 2.45) is 5.73 Å². The fourth-order valence-electron chi connectivity index (χ4n) is 1.18. The van der Waals surface area contributed by atoms with Crippen LogP contribution in [0.3, 0.4) is 0 Å². The molecule has 0 aliphatic carbocycles. The van der Waals surface area contributed by atoms with Crippen molar-refractivity contribution in [2.45, 2.75) is 25.7 Å². The summed E-state index contributed by atoms with van der Waals surface area (Å²) in [6.07, 6.45) is 4.29. The second-order valence-corrected chi connectivity index (χ2v) is 3.52. The minimum atomic E-state index is 0.0672. The molecule has 1 heterocycles. The van der Waals surface area contributed by atoms with E-state index in [1.807, 2.05) is 6.07 Å². The summed E-state index contributed by atoms with van der Waals surface area (Å²) >= 11 is 0. The van der Waals surface area contributed by atoms with Crippen LogP contribution in [0, 0.1) is 0 Å². The molecule has 0 bridgehead atoms. The van der Waals surface area contributed by atoms with E-state index in [9.17, 15) is 0 Å². The molecule has 66 valence electrons. The topological polar surface area (TPSA) is 51.8 Å². The first kappa shape index (κ1) is 9.13. The standard InChI is InChI=1S/C9H15N3/c1-9(2,4-5-10)8-3-6-11-7-12-8/h3,6-7H,4-5,10H2,1-2H3. The molecule has 1 rings (SSSR count). The van der Waals surface area contributed by atoms with E-state index in [0.29, 0.717) is 6.54 Å². The van der Waals surface area contributed by atoms with Gasteiger partial charge in [0.2, 0.25) is 0 Å². The molecule has 0 spiro atoms. The van der Waals surface area contributed by atoms with Gasteiger partial charge in [0.15, 0.2) is 0 Å². The van der Waals surface area contributed by atoms with Crippen LogP contribution < -0.4 is 5.73 Å². The van der Waals surface area contributed by atoms with Gasteiger partial charge >= 0.3 is 0 Å². The van der Waals surface area contributed by atoms with Crippen molar-refractivity contribution in [3.8, 4) is 0 Å². The van der Waals surface area contributed by atoms with Gasteiger partial charge in [-0.3, -0.25) is 0 Å². The second kappa shape index (κ2) is 3.63. The summed E-state index contributed by atoms with van der Waals surface area (Å²) in [5, 5.41) is 0. The number of rotatable bonds is 3. The predicted molar refractivity (Wildman–Crippen MR) is 48.7 cm³/mol. The van der Waals surface area contributed by atoms with Crippen molar-refractivity contribution in [1.29, 1.82) is 0 Å². The molecule has 0 amide bonds. The highest BCUT2D eigenvalue weighted by Gasteiger charge is 2.20. The highest BCUT2D eigenvalue weighted by atomic mass is 14.8. The van der Waals surface area contributed by atoms with Crippen LogP contribution in [-0.4, -0.2) is 16.5 Å². The number of nitrogens with zero attached hydrogens (tertiary/aromatic N) is 2. The second-order valence-electron chi connectivity index (χ2n) is 3.52. The fraction of sp³-hybridized carbons (Fsp3) is 0.556. The zero-order valence-corrected chi connectivity index (χ0v) is 7.62. The van der Waals surface area contributed by atoms with Gasteiger partial charge in [-0.2, -0.15) is 0 Å². The molecule has 3 nitrogen and oxygen atoms in total. The average molecular weight is 165 g/mol. The monoisotopic (exact) mass is 165 g/mol. The number of hydrogen-bond donors (Lipinski definition) is 1. The Morgan fingerprint density at radius 2 is 2.25 bits per heavy atom. The van der Waals surface area contributed by atoms with Crippen LogP contribution in [0.1, 0.15) is 26.0 Å². The molecule has 0 radical (unpaired) electrons. The summed E-state index contributed by atoms with van der Waals surface area (Å²) in [6.45, 7) is 4.97. The van der Waals surface area contributed by atoms with Gasteiger partial charge in [-0.25, -0.2) is 9.97 Å². The van der Waals surface area contributed by atoms with Crippen LogP contribution in [0.4, 0.5) is 0 Å². The first-order valence-corrected chi connectivity index (χ1v) is 4.13. The minimum Gasteiger partial charge on any atom is -0.330 e. The Balaban J connectivity index is 2.82. The van der Waals surface area contributed by atoms with E-state index < -0.39 is 0 Å². The molecule has 0 saturated heterocycles. The molecular formula is C9H15N3. The summed E-state index contributed by atoms with van der Waals surface area (Å²) in [7, 11) is 0. The van der Waals surface area contributed by atoms with Gasteiger partial charge in [-0.15, -0.1) is 0 Å². The average Bonchev–Trinajstić information content (AvgIpc) is 2.06. The van der Waals surface area contributed by atoms with Gasteiger partial charge in [0.05, 0.1) is 0 Å². The third-order valence-electron chi connectivity index (χ3n) is 2.04. The van der Waals surface area contributed by atoms with Gasteiger partial charge < -0.3 is 5.73 Å². The maximum Gasteiger partial charge on any atom is 0.115 e. The minimum absolute atomic E-state index is 0.0672. The molecular weight excluding hydrogens is 150 g/mol. The first-order valence-electron chi connectivity index (χ1n) is 4.13. The largest absolute Gasteiger partial charge is 0.330 e. The summed E-state index contributed by atoms with van der Waals surface area (Å²) in [4.78, 5) is 8.08. The van der Waals surface area contributed by atoms with E-state index in [0.717, 1.165) is 12.1 Å². The maximum atomic E-state index is 5.51. The highest BCUT2D eigenvalue weighted by molar-refractivity contribution is 5.11. The lowest BCUT2D eigenvalue weighted by atomic mass is 9.85. The normalized spacial score (nSPS) is 11.6. The lowest BCUT2D eigenvalue weighted by Crippen LogP contribution is -2.22. The van der Waals surface area contributed by atoms with Crippen molar-refractivity contribution in [2.75, 3.05) is 6.54 Å². The zero-order valence-electron chi connectivity index (χ0n) is 7.62. The SMILES string of the molecule is CC(C)(CCN)c1ccncn1. The molecule has 0 saturated carbocycles. The number of nitrogens with two attached hydrogens (primary N) is 1.